The van der Waals surface area contributed by atoms with Gasteiger partial charge in [0.2, 0.25) is 5.78 Å². The van der Waals surface area contributed by atoms with E-state index in [1.807, 2.05) is 0 Å². The molecule has 0 unspecified atom stereocenters. The van der Waals surface area contributed by atoms with Crippen molar-refractivity contribution >= 4 is 29.0 Å². The van der Waals surface area contributed by atoms with Crippen LogP contribution in [0.3, 0.4) is 0 Å². The molecule has 1 aromatic heterocycles. The third-order valence-corrected chi connectivity index (χ3v) is 3.17. The Morgan fingerprint density at radius 1 is 1.15 bits per heavy atom. The molecule has 1 aromatic carbocycles. The molecular formula is C14H11Cl2NO3. The Morgan fingerprint density at radius 3 is 2.50 bits per heavy atom. The number of ether oxygens (including phenoxy) is 2. The summed E-state index contributed by atoms with van der Waals surface area (Å²) in [6.07, 6.45) is 1.37. The molecule has 0 N–H and O–H groups in total. The molecule has 6 heteroatoms. The number of nitrogens with zero attached hydrogens (tertiary/aromatic N) is 1. The van der Waals surface area contributed by atoms with Crippen LogP contribution in [0, 0.1) is 0 Å². The number of carbonyl (C=O) groups excluding carboxylic acids is 1. The highest BCUT2D eigenvalue weighted by Gasteiger charge is 2.19. The Balaban J connectivity index is 2.47. The van der Waals surface area contributed by atoms with E-state index in [2.05, 4.69) is 4.98 Å². The van der Waals surface area contributed by atoms with E-state index in [1.165, 1.54) is 26.5 Å². The van der Waals surface area contributed by atoms with Gasteiger partial charge in [0.1, 0.15) is 17.2 Å². The summed E-state index contributed by atoms with van der Waals surface area (Å²) in [6, 6.07) is 6.36. The van der Waals surface area contributed by atoms with Crippen LogP contribution in [0.2, 0.25) is 10.0 Å². The smallest absolute Gasteiger partial charge is 0.216 e. The van der Waals surface area contributed by atoms with Crippen molar-refractivity contribution in [2.45, 2.75) is 0 Å². The minimum absolute atomic E-state index is 0.125. The van der Waals surface area contributed by atoms with Gasteiger partial charge >= 0.3 is 0 Å². The minimum Gasteiger partial charge on any atom is -0.497 e. The van der Waals surface area contributed by atoms with E-state index in [4.69, 9.17) is 32.7 Å². The first-order valence-electron chi connectivity index (χ1n) is 5.64. The lowest BCUT2D eigenvalue weighted by Crippen LogP contribution is -2.07. The lowest BCUT2D eigenvalue weighted by molar-refractivity contribution is 0.103. The first kappa shape index (κ1) is 14.6. The molecule has 0 aliphatic carbocycles. The fraction of sp³-hybridized carbons (Fsp3) is 0.143. The maximum Gasteiger partial charge on any atom is 0.216 e. The second kappa shape index (κ2) is 6.11. The van der Waals surface area contributed by atoms with Crippen molar-refractivity contribution < 1.29 is 14.3 Å². The molecule has 20 heavy (non-hydrogen) atoms. The average Bonchev–Trinajstić information content (AvgIpc) is 2.46. The molecule has 0 bridgehead atoms. The molecule has 0 amide bonds. The van der Waals surface area contributed by atoms with Gasteiger partial charge in [-0.3, -0.25) is 4.79 Å². The van der Waals surface area contributed by atoms with Gasteiger partial charge < -0.3 is 9.47 Å². The predicted molar refractivity (Wildman–Crippen MR) is 77.2 cm³/mol. The zero-order valence-corrected chi connectivity index (χ0v) is 12.3. The van der Waals surface area contributed by atoms with Crippen molar-refractivity contribution in [2.75, 3.05) is 14.2 Å². The van der Waals surface area contributed by atoms with E-state index in [0.717, 1.165) is 0 Å². The van der Waals surface area contributed by atoms with Crippen LogP contribution in [0.4, 0.5) is 0 Å². The third-order valence-electron chi connectivity index (χ3n) is 2.68. The molecule has 0 saturated heterocycles. The van der Waals surface area contributed by atoms with Gasteiger partial charge in [0, 0.05) is 12.3 Å². The second-order valence-corrected chi connectivity index (χ2v) is 4.72. The Morgan fingerprint density at radius 2 is 1.90 bits per heavy atom. The third kappa shape index (κ3) is 2.86. The van der Waals surface area contributed by atoms with Crippen LogP contribution in [0.15, 0.2) is 30.5 Å². The van der Waals surface area contributed by atoms with Crippen molar-refractivity contribution in [1.29, 1.82) is 0 Å². The second-order valence-electron chi connectivity index (χ2n) is 3.88. The molecule has 104 valence electrons. The van der Waals surface area contributed by atoms with E-state index in [1.54, 1.807) is 18.2 Å². The molecule has 0 aliphatic heterocycles. The molecule has 2 rings (SSSR count). The first-order valence-corrected chi connectivity index (χ1v) is 6.40. The quantitative estimate of drug-likeness (QED) is 0.809. The SMILES string of the molecule is COc1ccc(C(=O)c2ncc(Cl)cc2Cl)c(OC)c1. The summed E-state index contributed by atoms with van der Waals surface area (Å²) in [6.45, 7) is 0. The van der Waals surface area contributed by atoms with E-state index < -0.39 is 0 Å². The van der Waals surface area contributed by atoms with E-state index >= 15 is 0 Å². The maximum atomic E-state index is 12.4. The van der Waals surface area contributed by atoms with Gasteiger partial charge in [0.15, 0.2) is 0 Å². The summed E-state index contributed by atoms with van der Waals surface area (Å²) in [5, 5.41) is 0.564. The van der Waals surface area contributed by atoms with Crippen LogP contribution in [0.1, 0.15) is 16.1 Å². The molecule has 2 aromatic rings. The van der Waals surface area contributed by atoms with E-state index in [-0.39, 0.29) is 16.5 Å². The van der Waals surface area contributed by atoms with Crippen LogP contribution >= 0.6 is 23.2 Å². The van der Waals surface area contributed by atoms with E-state index in [9.17, 15) is 4.79 Å². The summed E-state index contributed by atoms with van der Waals surface area (Å²) in [5.41, 5.74) is 0.476. The van der Waals surface area contributed by atoms with Gasteiger partial charge in [-0.05, 0) is 18.2 Å². The Kier molecular flexibility index (Phi) is 4.47. The van der Waals surface area contributed by atoms with Gasteiger partial charge in [-0.2, -0.15) is 0 Å². The van der Waals surface area contributed by atoms with Gasteiger partial charge in [-0.15, -0.1) is 0 Å². The van der Waals surface area contributed by atoms with Crippen LogP contribution in [-0.2, 0) is 0 Å². The number of aromatic nitrogens is 1. The number of hydrogen-bond acceptors (Lipinski definition) is 4. The standard InChI is InChI=1S/C14H11Cl2NO3/c1-19-9-3-4-10(12(6-9)20-2)14(18)13-11(16)5-8(15)7-17-13/h3-7H,1-2H3. The molecule has 0 saturated carbocycles. The number of pyridine rings is 1. The lowest BCUT2D eigenvalue weighted by Gasteiger charge is -2.10. The molecule has 0 atom stereocenters. The van der Waals surface area contributed by atoms with Crippen LogP contribution < -0.4 is 9.47 Å². The average molecular weight is 312 g/mol. The largest absolute Gasteiger partial charge is 0.497 e. The van der Waals surface area contributed by atoms with Crippen molar-refractivity contribution in [3.63, 3.8) is 0 Å². The van der Waals surface area contributed by atoms with E-state index in [0.29, 0.717) is 22.1 Å². The van der Waals surface area contributed by atoms with Crippen LogP contribution in [-0.4, -0.2) is 25.0 Å². The number of halogens is 2. The zero-order valence-electron chi connectivity index (χ0n) is 10.8. The van der Waals surface area contributed by atoms with Gasteiger partial charge in [-0.1, -0.05) is 23.2 Å². The highest BCUT2D eigenvalue weighted by molar-refractivity contribution is 6.37. The summed E-state index contributed by atoms with van der Waals surface area (Å²) in [5.74, 6) is 0.641. The molecule has 1 heterocycles. The van der Waals surface area contributed by atoms with Gasteiger partial charge in [0.25, 0.3) is 0 Å². The zero-order chi connectivity index (χ0) is 14.7. The number of methoxy groups -OCH3 is 2. The maximum absolute atomic E-state index is 12.4. The van der Waals surface area contributed by atoms with Gasteiger partial charge in [0.05, 0.1) is 29.8 Å². The number of benzene rings is 1. The molecular weight excluding hydrogens is 301 g/mol. The normalized spacial score (nSPS) is 10.2. The molecule has 0 spiro atoms. The Bertz CT molecular complexity index is 659. The molecule has 0 aliphatic rings. The predicted octanol–water partition coefficient (Wildman–Crippen LogP) is 3.64. The molecule has 0 radical (unpaired) electrons. The number of rotatable bonds is 4. The number of ketones is 1. The van der Waals surface area contributed by atoms with Crippen LogP contribution in [0.25, 0.3) is 0 Å². The Hall–Kier alpha value is -1.78. The van der Waals surface area contributed by atoms with Crippen molar-refractivity contribution in [3.8, 4) is 11.5 Å². The topological polar surface area (TPSA) is 48.4 Å². The van der Waals surface area contributed by atoms with Crippen molar-refractivity contribution in [3.05, 3.63) is 51.8 Å². The molecule has 0 fully saturated rings. The van der Waals surface area contributed by atoms with Gasteiger partial charge in [-0.25, -0.2) is 4.98 Å². The minimum atomic E-state index is -0.342. The number of hydrogen-bond donors (Lipinski definition) is 0. The summed E-state index contributed by atoms with van der Waals surface area (Å²) >= 11 is 11.8. The Labute approximate surface area is 126 Å². The number of carbonyl (C=O) groups is 1. The summed E-state index contributed by atoms with van der Waals surface area (Å²) in [4.78, 5) is 16.4. The van der Waals surface area contributed by atoms with Crippen molar-refractivity contribution in [1.82, 2.24) is 4.98 Å². The van der Waals surface area contributed by atoms with Crippen LogP contribution in [0.5, 0.6) is 11.5 Å². The fourth-order valence-corrected chi connectivity index (χ4v) is 2.16. The first-order chi connectivity index (χ1) is 9.56. The van der Waals surface area contributed by atoms with Crippen molar-refractivity contribution in [2.24, 2.45) is 0 Å². The summed E-state index contributed by atoms with van der Waals surface area (Å²) < 4.78 is 10.3. The highest BCUT2D eigenvalue weighted by Crippen LogP contribution is 2.28. The summed E-state index contributed by atoms with van der Waals surface area (Å²) in [7, 11) is 3.01. The monoisotopic (exact) mass is 311 g/mol. The fourth-order valence-electron chi connectivity index (χ4n) is 1.70. The lowest BCUT2D eigenvalue weighted by atomic mass is 10.1. The molecule has 4 nitrogen and oxygen atoms in total. The highest BCUT2D eigenvalue weighted by atomic mass is 35.5.